The van der Waals surface area contributed by atoms with Crippen molar-refractivity contribution in [3.8, 4) is 0 Å². The highest BCUT2D eigenvalue weighted by Crippen LogP contribution is 2.25. The van der Waals surface area contributed by atoms with Crippen molar-refractivity contribution in [1.29, 1.82) is 0 Å². The van der Waals surface area contributed by atoms with Crippen molar-refractivity contribution < 1.29 is 24.0 Å². The first-order chi connectivity index (χ1) is 4.93. The Labute approximate surface area is 64.6 Å². The van der Waals surface area contributed by atoms with Gasteiger partial charge in [0.25, 0.3) is 0 Å². The Morgan fingerprint density at radius 3 is 2.09 bits per heavy atom. The minimum absolute atomic E-state index is 0.530. The van der Waals surface area contributed by atoms with Crippen LogP contribution in [0.3, 0.4) is 0 Å². The minimum atomic E-state index is -4.64. The Morgan fingerprint density at radius 2 is 2.00 bits per heavy atom. The second-order valence-corrected chi connectivity index (χ2v) is 3.02. The van der Waals surface area contributed by atoms with Gasteiger partial charge in [0.05, 0.1) is 12.7 Å². The van der Waals surface area contributed by atoms with E-state index < -0.39 is 7.82 Å². The molecule has 0 bridgehead atoms. The SMILES string of the molecule is C=CCC1CO1.O=P(O)(O)O. The maximum Gasteiger partial charge on any atom is 0.466 e. The Balaban J connectivity index is 0.000000187. The summed E-state index contributed by atoms with van der Waals surface area (Å²) in [6.07, 6.45) is 3.44. The zero-order valence-corrected chi connectivity index (χ0v) is 6.78. The summed E-state index contributed by atoms with van der Waals surface area (Å²) in [6.45, 7) is 4.51. The van der Waals surface area contributed by atoms with Gasteiger partial charge in [0.15, 0.2) is 0 Å². The van der Waals surface area contributed by atoms with Crippen molar-refractivity contribution >= 4 is 7.82 Å². The van der Waals surface area contributed by atoms with Crippen LogP contribution in [0, 0.1) is 0 Å². The molecule has 0 aliphatic carbocycles. The molecule has 5 nitrogen and oxygen atoms in total. The predicted octanol–water partition coefficient (Wildman–Crippen LogP) is 0.0327. The molecule has 1 atom stereocenters. The first-order valence-corrected chi connectivity index (χ1v) is 4.51. The molecule has 1 fully saturated rings. The van der Waals surface area contributed by atoms with Gasteiger partial charge < -0.3 is 19.4 Å². The summed E-state index contributed by atoms with van der Waals surface area (Å²) in [6, 6.07) is 0. The number of hydrogen-bond donors (Lipinski definition) is 3. The summed E-state index contributed by atoms with van der Waals surface area (Å²) in [7, 11) is -4.64. The summed E-state index contributed by atoms with van der Waals surface area (Å²) in [5, 5.41) is 0. The van der Waals surface area contributed by atoms with E-state index in [4.69, 9.17) is 24.0 Å². The highest BCUT2D eigenvalue weighted by molar-refractivity contribution is 7.45. The molecule has 0 saturated carbocycles. The first-order valence-electron chi connectivity index (χ1n) is 2.94. The molecule has 1 aliphatic heterocycles. The number of ether oxygens (including phenoxy) is 1. The number of hydrogen-bond acceptors (Lipinski definition) is 2. The number of rotatable bonds is 2. The summed E-state index contributed by atoms with van der Waals surface area (Å²) < 4.78 is 13.8. The zero-order chi connectivity index (χ0) is 8.91. The second-order valence-electron chi connectivity index (χ2n) is 1.99. The average molecular weight is 182 g/mol. The van der Waals surface area contributed by atoms with Gasteiger partial charge in [-0.3, -0.25) is 0 Å². The Morgan fingerprint density at radius 1 is 1.64 bits per heavy atom. The summed E-state index contributed by atoms with van der Waals surface area (Å²) in [5.74, 6) is 0. The van der Waals surface area contributed by atoms with Gasteiger partial charge in [-0.05, 0) is 6.42 Å². The topological polar surface area (TPSA) is 90.3 Å². The smallest absolute Gasteiger partial charge is 0.373 e. The highest BCUT2D eigenvalue weighted by atomic mass is 31.2. The summed E-state index contributed by atoms with van der Waals surface area (Å²) in [4.78, 5) is 21.6. The maximum atomic E-state index is 8.88. The number of phosphoric acid groups is 1. The fourth-order valence-corrected chi connectivity index (χ4v) is 0.390. The minimum Gasteiger partial charge on any atom is -0.373 e. The summed E-state index contributed by atoms with van der Waals surface area (Å²) >= 11 is 0. The molecule has 1 rings (SSSR count). The van der Waals surface area contributed by atoms with E-state index in [1.54, 1.807) is 0 Å². The molecule has 6 heteroatoms. The first kappa shape index (κ1) is 10.8. The predicted molar refractivity (Wildman–Crippen MR) is 38.8 cm³/mol. The van der Waals surface area contributed by atoms with Crippen molar-refractivity contribution in [3.05, 3.63) is 12.7 Å². The quantitative estimate of drug-likeness (QED) is 0.318. The van der Waals surface area contributed by atoms with Crippen LogP contribution in [-0.4, -0.2) is 27.4 Å². The van der Waals surface area contributed by atoms with E-state index in [0.717, 1.165) is 13.0 Å². The van der Waals surface area contributed by atoms with Gasteiger partial charge in [0.2, 0.25) is 0 Å². The van der Waals surface area contributed by atoms with Crippen LogP contribution < -0.4 is 0 Å². The largest absolute Gasteiger partial charge is 0.466 e. The molecule has 1 saturated heterocycles. The van der Waals surface area contributed by atoms with Gasteiger partial charge in [-0.25, -0.2) is 4.57 Å². The van der Waals surface area contributed by atoms with E-state index in [0.29, 0.717) is 6.10 Å². The van der Waals surface area contributed by atoms with Gasteiger partial charge in [-0.1, -0.05) is 6.08 Å². The van der Waals surface area contributed by atoms with Crippen molar-refractivity contribution in [2.24, 2.45) is 0 Å². The van der Waals surface area contributed by atoms with Crippen LogP contribution in [0.2, 0.25) is 0 Å². The lowest BCUT2D eigenvalue weighted by atomic mass is 10.3. The number of epoxide rings is 1. The average Bonchev–Trinajstić information content (AvgIpc) is 2.45. The van der Waals surface area contributed by atoms with Crippen LogP contribution in [-0.2, 0) is 9.30 Å². The van der Waals surface area contributed by atoms with Crippen molar-refractivity contribution in [1.82, 2.24) is 0 Å². The molecule has 0 radical (unpaired) electrons. The van der Waals surface area contributed by atoms with Gasteiger partial charge in [0, 0.05) is 0 Å². The molecule has 0 amide bonds. The zero-order valence-electron chi connectivity index (χ0n) is 5.88. The van der Waals surface area contributed by atoms with Crippen molar-refractivity contribution in [2.45, 2.75) is 12.5 Å². The van der Waals surface area contributed by atoms with Crippen molar-refractivity contribution in [2.75, 3.05) is 6.61 Å². The Kier molecular flexibility index (Phi) is 4.56. The van der Waals surface area contributed by atoms with E-state index in [1.807, 2.05) is 6.08 Å². The van der Waals surface area contributed by atoms with E-state index >= 15 is 0 Å². The molecule has 0 spiro atoms. The van der Waals surface area contributed by atoms with Crippen LogP contribution in [0.4, 0.5) is 0 Å². The Bertz CT molecular complexity index is 150. The van der Waals surface area contributed by atoms with Crippen LogP contribution in [0.25, 0.3) is 0 Å². The fraction of sp³-hybridized carbons (Fsp3) is 0.600. The van der Waals surface area contributed by atoms with E-state index in [1.165, 1.54) is 0 Å². The maximum absolute atomic E-state index is 8.88. The molecule has 0 aromatic rings. The third-order valence-electron chi connectivity index (χ3n) is 0.832. The van der Waals surface area contributed by atoms with Gasteiger partial charge >= 0.3 is 7.82 Å². The summed E-state index contributed by atoms with van der Waals surface area (Å²) in [5.41, 5.74) is 0. The van der Waals surface area contributed by atoms with Gasteiger partial charge in [0.1, 0.15) is 0 Å². The molecule has 11 heavy (non-hydrogen) atoms. The molecular weight excluding hydrogens is 171 g/mol. The molecule has 1 aliphatic rings. The van der Waals surface area contributed by atoms with E-state index in [9.17, 15) is 0 Å². The standard InChI is InChI=1S/C5H8O.H3O4P/c1-2-3-5-4-6-5;1-5(2,3)4/h2,5H,1,3-4H2;(H3,1,2,3,4). The fourth-order valence-electron chi connectivity index (χ4n) is 0.390. The molecule has 0 aromatic heterocycles. The molecular formula is C5H11O5P. The lowest BCUT2D eigenvalue weighted by Gasteiger charge is -1.82. The van der Waals surface area contributed by atoms with Gasteiger partial charge in [-0.15, -0.1) is 6.58 Å². The van der Waals surface area contributed by atoms with Crippen LogP contribution in [0.1, 0.15) is 6.42 Å². The second kappa shape index (κ2) is 4.64. The van der Waals surface area contributed by atoms with Crippen molar-refractivity contribution in [3.63, 3.8) is 0 Å². The Hall–Kier alpha value is -0.190. The molecule has 3 N–H and O–H groups in total. The molecule has 1 heterocycles. The molecule has 0 aromatic carbocycles. The lowest BCUT2D eigenvalue weighted by Crippen LogP contribution is -1.75. The van der Waals surface area contributed by atoms with E-state index in [-0.39, 0.29) is 0 Å². The van der Waals surface area contributed by atoms with E-state index in [2.05, 4.69) is 6.58 Å². The molecule has 1 unspecified atom stereocenters. The van der Waals surface area contributed by atoms with Crippen LogP contribution >= 0.6 is 7.82 Å². The van der Waals surface area contributed by atoms with Crippen LogP contribution in [0.15, 0.2) is 12.7 Å². The molecule has 66 valence electrons. The van der Waals surface area contributed by atoms with Crippen LogP contribution in [0.5, 0.6) is 0 Å². The third kappa shape index (κ3) is 17.7. The normalized spacial score (nSPS) is 21.5. The monoisotopic (exact) mass is 182 g/mol. The third-order valence-corrected chi connectivity index (χ3v) is 0.832. The highest BCUT2D eigenvalue weighted by Gasteiger charge is 2.19. The lowest BCUT2D eigenvalue weighted by molar-refractivity contribution is 0.275. The van der Waals surface area contributed by atoms with Gasteiger partial charge in [-0.2, -0.15) is 0 Å².